The molecular formula is C43H79NO3. The summed E-state index contributed by atoms with van der Waals surface area (Å²) >= 11 is 0. The molecule has 0 spiro atoms. The molecule has 4 nitrogen and oxygen atoms in total. The quantitative estimate of drug-likeness (QED) is 0.244. The maximum Gasteiger partial charge on any atom is 0.157 e. The lowest BCUT2D eigenvalue weighted by Crippen LogP contribution is -2.39. The molecule has 47 heavy (non-hydrogen) atoms. The van der Waals surface area contributed by atoms with Gasteiger partial charge in [-0.25, -0.2) is 0 Å². The minimum Gasteiger partial charge on any atom is -0.373 e. The SMILES string of the molecule is C.C.CC(C)(C)C.CC(C)(C)OCCOC1CCCCO1.CC(C)Cc1ccc(C(NC(C)(C)C)c2ccc(CC(C)C)cc2)cc1. The lowest BCUT2D eigenvalue weighted by Gasteiger charge is -2.29. The molecular weight excluding hydrogens is 578 g/mol. The fourth-order valence-corrected chi connectivity index (χ4v) is 4.80. The molecule has 3 rings (SSSR count). The third-order valence-corrected chi connectivity index (χ3v) is 6.55. The van der Waals surface area contributed by atoms with Gasteiger partial charge in [0.25, 0.3) is 0 Å². The van der Waals surface area contributed by atoms with Crippen LogP contribution in [-0.2, 0) is 27.1 Å². The fraction of sp³-hybridized carbons (Fsp3) is 0.721. The topological polar surface area (TPSA) is 39.7 Å². The molecule has 4 heteroatoms. The number of hydrogen-bond donors (Lipinski definition) is 1. The molecule has 274 valence electrons. The molecule has 0 amide bonds. The van der Waals surface area contributed by atoms with Gasteiger partial charge in [-0.05, 0) is 113 Å². The first-order valence-electron chi connectivity index (χ1n) is 17.5. The van der Waals surface area contributed by atoms with Crippen LogP contribution in [0, 0.1) is 17.3 Å². The molecule has 1 N–H and O–H groups in total. The summed E-state index contributed by atoms with van der Waals surface area (Å²) in [6.07, 6.45) is 5.69. The largest absolute Gasteiger partial charge is 0.373 e. The molecule has 0 saturated carbocycles. The van der Waals surface area contributed by atoms with Gasteiger partial charge in [-0.2, -0.15) is 0 Å². The normalized spacial score (nSPS) is 15.2. The summed E-state index contributed by atoms with van der Waals surface area (Å²) in [6.45, 7) is 32.8. The van der Waals surface area contributed by atoms with Crippen LogP contribution in [0.15, 0.2) is 48.5 Å². The maximum absolute atomic E-state index is 5.54. The van der Waals surface area contributed by atoms with Crippen molar-refractivity contribution in [3.05, 3.63) is 70.8 Å². The molecule has 1 atom stereocenters. The van der Waals surface area contributed by atoms with Crippen LogP contribution in [0.25, 0.3) is 0 Å². The van der Waals surface area contributed by atoms with Gasteiger partial charge in [0.15, 0.2) is 6.29 Å². The van der Waals surface area contributed by atoms with E-state index in [9.17, 15) is 0 Å². The monoisotopic (exact) mass is 658 g/mol. The second-order valence-corrected chi connectivity index (χ2v) is 17.1. The number of hydrogen-bond acceptors (Lipinski definition) is 4. The molecule has 0 aliphatic carbocycles. The van der Waals surface area contributed by atoms with E-state index in [4.69, 9.17) is 14.2 Å². The van der Waals surface area contributed by atoms with E-state index < -0.39 is 0 Å². The first-order chi connectivity index (χ1) is 20.7. The summed E-state index contributed by atoms with van der Waals surface area (Å²) in [6, 6.07) is 18.6. The van der Waals surface area contributed by atoms with E-state index in [-0.39, 0.29) is 38.3 Å². The number of ether oxygens (including phenoxy) is 3. The summed E-state index contributed by atoms with van der Waals surface area (Å²) in [7, 11) is 0. The van der Waals surface area contributed by atoms with Crippen LogP contribution in [-0.4, -0.2) is 37.3 Å². The Kier molecular flexibility index (Phi) is 23.0. The zero-order chi connectivity index (χ0) is 34.3. The van der Waals surface area contributed by atoms with Crippen molar-refractivity contribution in [3.8, 4) is 0 Å². The van der Waals surface area contributed by atoms with Gasteiger partial charge in [0.1, 0.15) is 0 Å². The Bertz CT molecular complexity index is 956. The molecule has 0 bridgehead atoms. The second-order valence-electron chi connectivity index (χ2n) is 17.1. The van der Waals surface area contributed by atoms with E-state index >= 15 is 0 Å². The Morgan fingerprint density at radius 2 is 1.11 bits per heavy atom. The summed E-state index contributed by atoms with van der Waals surface area (Å²) in [5.41, 5.74) is 6.00. The van der Waals surface area contributed by atoms with Gasteiger partial charge in [0.05, 0.1) is 24.9 Å². The minimum atomic E-state index is -0.0726. The highest BCUT2D eigenvalue weighted by molar-refractivity contribution is 5.35. The van der Waals surface area contributed by atoms with Crippen molar-refractivity contribution in [2.45, 2.75) is 167 Å². The highest BCUT2D eigenvalue weighted by Crippen LogP contribution is 2.26. The van der Waals surface area contributed by atoms with Gasteiger partial charge < -0.3 is 19.5 Å². The van der Waals surface area contributed by atoms with Gasteiger partial charge in [-0.1, -0.05) is 119 Å². The van der Waals surface area contributed by atoms with Crippen molar-refractivity contribution in [2.24, 2.45) is 17.3 Å². The Labute approximate surface area is 294 Å². The zero-order valence-corrected chi connectivity index (χ0v) is 31.8. The highest BCUT2D eigenvalue weighted by atomic mass is 16.7. The molecule has 1 saturated heterocycles. The third-order valence-electron chi connectivity index (χ3n) is 6.55. The number of nitrogens with one attached hydrogen (secondary N) is 1. The van der Waals surface area contributed by atoms with Gasteiger partial charge >= 0.3 is 0 Å². The van der Waals surface area contributed by atoms with Crippen LogP contribution in [0.1, 0.15) is 159 Å². The Morgan fingerprint density at radius 3 is 1.43 bits per heavy atom. The summed E-state index contributed by atoms with van der Waals surface area (Å²) in [4.78, 5) is 0. The second kappa shape index (κ2) is 22.8. The lowest BCUT2D eigenvalue weighted by molar-refractivity contribution is -0.174. The molecule has 0 aromatic heterocycles. The summed E-state index contributed by atoms with van der Waals surface area (Å²) in [5.74, 6) is 1.38. The predicted octanol–water partition coefficient (Wildman–Crippen LogP) is 12.2. The molecule has 2 aromatic carbocycles. The molecule has 1 aliphatic rings. The molecule has 0 radical (unpaired) electrons. The first kappa shape index (κ1) is 47.4. The predicted molar refractivity (Wildman–Crippen MR) is 209 cm³/mol. The number of benzene rings is 2. The third kappa shape index (κ3) is 25.9. The Morgan fingerprint density at radius 1 is 0.681 bits per heavy atom. The smallest absolute Gasteiger partial charge is 0.157 e. The van der Waals surface area contributed by atoms with E-state index in [1.165, 1.54) is 35.1 Å². The highest BCUT2D eigenvalue weighted by Gasteiger charge is 2.21. The van der Waals surface area contributed by atoms with Crippen molar-refractivity contribution in [3.63, 3.8) is 0 Å². The van der Waals surface area contributed by atoms with Crippen molar-refractivity contribution < 1.29 is 14.2 Å². The van der Waals surface area contributed by atoms with Gasteiger partial charge in [-0.15, -0.1) is 0 Å². The van der Waals surface area contributed by atoms with E-state index in [1.807, 2.05) is 20.8 Å². The minimum absolute atomic E-state index is 0. The van der Waals surface area contributed by atoms with Crippen LogP contribution < -0.4 is 5.32 Å². The number of rotatable bonds is 11. The Balaban J connectivity index is 0. The van der Waals surface area contributed by atoms with Gasteiger partial charge in [0, 0.05) is 12.1 Å². The lowest BCUT2D eigenvalue weighted by atomic mass is 9.92. The zero-order valence-electron chi connectivity index (χ0n) is 31.8. The fourth-order valence-electron chi connectivity index (χ4n) is 4.80. The van der Waals surface area contributed by atoms with Crippen molar-refractivity contribution in [1.82, 2.24) is 5.32 Å². The maximum atomic E-state index is 5.54. The summed E-state index contributed by atoms with van der Waals surface area (Å²) in [5, 5.41) is 3.81. The first-order valence-corrected chi connectivity index (χ1v) is 17.5. The van der Waals surface area contributed by atoms with Crippen molar-refractivity contribution >= 4 is 0 Å². The Hall–Kier alpha value is -1.72. The summed E-state index contributed by atoms with van der Waals surface area (Å²) < 4.78 is 16.5. The average Bonchev–Trinajstić information content (AvgIpc) is 2.89. The molecule has 1 heterocycles. The van der Waals surface area contributed by atoms with Gasteiger partial charge in [-0.3, -0.25) is 0 Å². The van der Waals surface area contributed by atoms with E-state index in [2.05, 4.69) is 130 Å². The van der Waals surface area contributed by atoms with E-state index in [0.717, 1.165) is 25.9 Å². The average molecular weight is 658 g/mol. The van der Waals surface area contributed by atoms with E-state index in [0.29, 0.717) is 30.5 Å². The van der Waals surface area contributed by atoms with Gasteiger partial charge in [0.2, 0.25) is 0 Å². The van der Waals surface area contributed by atoms with Crippen LogP contribution in [0.5, 0.6) is 0 Å². The molecule has 1 unspecified atom stereocenters. The molecule has 2 aromatic rings. The molecule has 1 fully saturated rings. The standard InChI is InChI=1S/C25H37N.C11H22O3.C5H12.2CH4/c1-18(2)16-20-8-12-22(13-9-20)24(26-25(5,6)7)23-14-10-21(11-15-23)17-19(3)4;1-11(2,3)14-9-8-13-10-6-4-5-7-12-10;1-5(2,3)4;;/h8-15,18-19,24,26H,16-17H2,1-7H3;10H,4-9H2,1-3H3;1-4H3;2*1H4. The van der Waals surface area contributed by atoms with Crippen molar-refractivity contribution in [2.75, 3.05) is 19.8 Å². The molecule has 1 aliphatic heterocycles. The van der Waals surface area contributed by atoms with Crippen LogP contribution in [0.3, 0.4) is 0 Å². The van der Waals surface area contributed by atoms with Crippen LogP contribution in [0.4, 0.5) is 0 Å². The van der Waals surface area contributed by atoms with Crippen LogP contribution in [0.2, 0.25) is 0 Å². The van der Waals surface area contributed by atoms with E-state index in [1.54, 1.807) is 0 Å². The van der Waals surface area contributed by atoms with Crippen molar-refractivity contribution in [1.29, 1.82) is 0 Å². The van der Waals surface area contributed by atoms with Crippen LogP contribution >= 0.6 is 0 Å².